The maximum absolute atomic E-state index is 13.9. The first-order chi connectivity index (χ1) is 25.9. The molecule has 6 rings (SSSR count). The molecule has 0 saturated carbocycles. The zero-order valence-electron chi connectivity index (χ0n) is 31.0. The van der Waals surface area contributed by atoms with Gasteiger partial charge >= 0.3 is 6.09 Å². The van der Waals surface area contributed by atoms with Crippen molar-refractivity contribution in [3.05, 3.63) is 101 Å². The summed E-state index contributed by atoms with van der Waals surface area (Å²) in [6.45, 7) is 7.62. The van der Waals surface area contributed by atoms with Gasteiger partial charge in [0.1, 0.15) is 25.3 Å². The summed E-state index contributed by atoms with van der Waals surface area (Å²) in [6, 6.07) is 22.2. The summed E-state index contributed by atoms with van der Waals surface area (Å²) in [7, 11) is 0. The Balaban J connectivity index is 0.946. The van der Waals surface area contributed by atoms with Gasteiger partial charge in [-0.05, 0) is 45.7 Å². The number of nitrogens with one attached hydrogen (secondary N) is 3. The van der Waals surface area contributed by atoms with Crippen LogP contribution in [0, 0.1) is 12.3 Å². The second-order valence-electron chi connectivity index (χ2n) is 14.7. The van der Waals surface area contributed by atoms with Crippen LogP contribution in [0.4, 0.5) is 4.79 Å². The standard InChI is InChI=1S/C41H47N5O7S/c1-25-36(54-24-44-25)27-15-13-26(14-16-27)20-43-38(49)34-19-28(47)21-46(34)39(50)37(41(2,3)4)45-35(48)23-52-18-17-42-40(51)53-22-33-31-11-7-5-9-29(31)30-10-6-8-12-32(30)33/h5-16,24,28,33-34,37,47H,17-23H2,1-4H3,(H,42,51)(H,43,49)(H,45,48)/t28-,34+,37-/m1/s1. The lowest BCUT2D eigenvalue weighted by Crippen LogP contribution is -2.58. The molecule has 1 aliphatic heterocycles. The number of benzene rings is 3. The fourth-order valence-corrected chi connectivity index (χ4v) is 7.83. The van der Waals surface area contributed by atoms with Crippen molar-refractivity contribution in [2.75, 3.05) is 32.9 Å². The van der Waals surface area contributed by atoms with E-state index in [1.165, 1.54) is 4.90 Å². The molecule has 2 aliphatic rings. The SMILES string of the molecule is Cc1ncsc1-c1ccc(CNC(=O)[C@@H]2C[C@@H](O)CN2C(=O)[C@@H](NC(=O)COCCNC(=O)OCC2c3ccccc3-c3ccccc32)C(C)(C)C)cc1. The minimum Gasteiger partial charge on any atom is -0.449 e. The van der Waals surface area contributed by atoms with E-state index in [4.69, 9.17) is 9.47 Å². The van der Waals surface area contributed by atoms with Gasteiger partial charge in [0, 0.05) is 32.0 Å². The van der Waals surface area contributed by atoms with Gasteiger partial charge in [-0.2, -0.15) is 0 Å². The van der Waals surface area contributed by atoms with Crippen LogP contribution in [0.5, 0.6) is 0 Å². The third-order valence-electron chi connectivity index (χ3n) is 9.80. The number of thiazole rings is 1. The van der Waals surface area contributed by atoms with Crippen LogP contribution in [-0.2, 0) is 30.4 Å². The number of hydrogen-bond donors (Lipinski definition) is 4. The minimum atomic E-state index is -0.990. The number of hydrogen-bond acceptors (Lipinski definition) is 9. The van der Waals surface area contributed by atoms with E-state index in [1.807, 2.05) is 81.7 Å². The predicted molar refractivity (Wildman–Crippen MR) is 206 cm³/mol. The van der Waals surface area contributed by atoms with E-state index in [-0.39, 0.29) is 57.7 Å². The second kappa shape index (κ2) is 16.9. The highest BCUT2D eigenvalue weighted by Crippen LogP contribution is 2.44. The number of aliphatic hydroxyl groups excluding tert-OH is 1. The van der Waals surface area contributed by atoms with E-state index in [2.05, 4.69) is 45.2 Å². The third-order valence-corrected chi connectivity index (χ3v) is 10.8. The molecule has 12 nitrogen and oxygen atoms in total. The summed E-state index contributed by atoms with van der Waals surface area (Å²) < 4.78 is 11.1. The van der Waals surface area contributed by atoms with Crippen molar-refractivity contribution in [1.82, 2.24) is 25.8 Å². The number of alkyl carbamates (subject to hydrolysis) is 1. The van der Waals surface area contributed by atoms with Crippen LogP contribution >= 0.6 is 11.3 Å². The van der Waals surface area contributed by atoms with Gasteiger partial charge in [0.25, 0.3) is 0 Å². The Kier molecular flexibility index (Phi) is 12.1. The maximum Gasteiger partial charge on any atom is 0.407 e. The van der Waals surface area contributed by atoms with Crippen molar-refractivity contribution in [3.8, 4) is 21.6 Å². The van der Waals surface area contributed by atoms with Crippen LogP contribution in [0.15, 0.2) is 78.3 Å². The van der Waals surface area contributed by atoms with Gasteiger partial charge in [0.15, 0.2) is 0 Å². The van der Waals surface area contributed by atoms with Gasteiger partial charge in [0.2, 0.25) is 17.7 Å². The minimum absolute atomic E-state index is 0.0275. The summed E-state index contributed by atoms with van der Waals surface area (Å²) in [5.74, 6) is -1.43. The third kappa shape index (κ3) is 8.98. The number of aryl methyl sites for hydroxylation is 1. The molecule has 0 unspecified atom stereocenters. The van der Waals surface area contributed by atoms with E-state index in [9.17, 15) is 24.3 Å². The fourth-order valence-electron chi connectivity index (χ4n) is 7.02. The van der Waals surface area contributed by atoms with Crippen LogP contribution in [0.1, 0.15) is 55.5 Å². The zero-order valence-corrected chi connectivity index (χ0v) is 31.8. The van der Waals surface area contributed by atoms with Gasteiger partial charge in [-0.1, -0.05) is 93.6 Å². The first kappa shape index (κ1) is 38.6. The first-order valence-corrected chi connectivity index (χ1v) is 19.0. The summed E-state index contributed by atoms with van der Waals surface area (Å²) in [5, 5.41) is 18.8. The average Bonchev–Trinajstić information content (AvgIpc) is 3.86. The van der Waals surface area contributed by atoms with Crippen LogP contribution in [-0.4, -0.2) is 89.9 Å². The summed E-state index contributed by atoms with van der Waals surface area (Å²) >= 11 is 1.57. The molecular formula is C41H47N5O7S. The summed E-state index contributed by atoms with van der Waals surface area (Å²) in [6.07, 6.45) is -1.38. The molecule has 1 saturated heterocycles. The lowest BCUT2D eigenvalue weighted by Gasteiger charge is -2.35. The molecule has 54 heavy (non-hydrogen) atoms. The Morgan fingerprint density at radius 3 is 2.26 bits per heavy atom. The maximum atomic E-state index is 13.9. The smallest absolute Gasteiger partial charge is 0.407 e. The Bertz CT molecular complexity index is 1930. The predicted octanol–water partition coefficient (Wildman–Crippen LogP) is 4.78. The molecule has 13 heteroatoms. The van der Waals surface area contributed by atoms with Crippen LogP contribution in [0.25, 0.3) is 21.6 Å². The molecule has 4 aromatic rings. The number of fused-ring (bicyclic) bond motifs is 3. The molecule has 0 spiro atoms. The number of ether oxygens (including phenoxy) is 2. The molecular weight excluding hydrogens is 707 g/mol. The van der Waals surface area contributed by atoms with Gasteiger partial charge in [-0.25, -0.2) is 9.78 Å². The van der Waals surface area contributed by atoms with E-state index < -0.39 is 41.5 Å². The monoisotopic (exact) mass is 753 g/mol. The highest BCUT2D eigenvalue weighted by molar-refractivity contribution is 7.13. The van der Waals surface area contributed by atoms with Gasteiger partial charge < -0.3 is 35.4 Å². The molecule has 0 bridgehead atoms. The van der Waals surface area contributed by atoms with E-state index >= 15 is 0 Å². The molecule has 1 aromatic heterocycles. The largest absolute Gasteiger partial charge is 0.449 e. The van der Waals surface area contributed by atoms with Gasteiger partial charge in [0.05, 0.1) is 28.8 Å². The molecule has 0 radical (unpaired) electrons. The number of carbonyl (C=O) groups is 4. The van der Waals surface area contributed by atoms with Crippen LogP contribution < -0.4 is 16.0 Å². The van der Waals surface area contributed by atoms with E-state index in [0.717, 1.165) is 44.0 Å². The fraction of sp³-hybridized carbons (Fsp3) is 0.390. The average molecular weight is 754 g/mol. The number of amides is 4. The second-order valence-corrected chi connectivity index (χ2v) is 15.6. The topological polar surface area (TPSA) is 159 Å². The van der Waals surface area contributed by atoms with Crippen molar-refractivity contribution in [2.24, 2.45) is 5.41 Å². The molecule has 2 heterocycles. The van der Waals surface area contributed by atoms with Crippen LogP contribution in [0.2, 0.25) is 0 Å². The van der Waals surface area contributed by atoms with Crippen molar-refractivity contribution < 1.29 is 33.8 Å². The lowest BCUT2D eigenvalue weighted by molar-refractivity contribution is -0.144. The quantitative estimate of drug-likeness (QED) is 0.142. The number of likely N-dealkylation sites (tertiary alicyclic amines) is 1. The van der Waals surface area contributed by atoms with Gasteiger partial charge in [-0.3, -0.25) is 14.4 Å². The molecule has 4 amide bonds. The normalized spacial score (nSPS) is 17.0. The first-order valence-electron chi connectivity index (χ1n) is 18.1. The Morgan fingerprint density at radius 1 is 0.963 bits per heavy atom. The molecule has 3 aromatic carbocycles. The van der Waals surface area contributed by atoms with Crippen molar-refractivity contribution in [1.29, 1.82) is 0 Å². The number of aromatic nitrogens is 1. The molecule has 1 fully saturated rings. The Morgan fingerprint density at radius 2 is 1.63 bits per heavy atom. The number of rotatable bonds is 13. The van der Waals surface area contributed by atoms with E-state index in [0.29, 0.717) is 0 Å². The Hall–Kier alpha value is -5.11. The zero-order chi connectivity index (χ0) is 38.4. The molecule has 3 atom stereocenters. The highest BCUT2D eigenvalue weighted by Gasteiger charge is 2.44. The van der Waals surface area contributed by atoms with Crippen molar-refractivity contribution in [2.45, 2.75) is 64.8 Å². The number of aliphatic hydroxyl groups is 1. The molecule has 4 N–H and O–H groups in total. The summed E-state index contributed by atoms with van der Waals surface area (Å²) in [4.78, 5) is 59.5. The molecule has 284 valence electrons. The van der Waals surface area contributed by atoms with Gasteiger partial charge in [-0.15, -0.1) is 11.3 Å². The number of β-amino-alcohol motifs (C(OH)–C–C–N with tert-alkyl or cyclic N) is 1. The van der Waals surface area contributed by atoms with Crippen LogP contribution in [0.3, 0.4) is 0 Å². The van der Waals surface area contributed by atoms with Crippen molar-refractivity contribution in [3.63, 3.8) is 0 Å². The summed E-state index contributed by atoms with van der Waals surface area (Å²) in [5.41, 5.74) is 8.51. The van der Waals surface area contributed by atoms with E-state index in [1.54, 1.807) is 11.3 Å². The Labute approximate surface area is 319 Å². The molecule has 1 aliphatic carbocycles. The number of carbonyl (C=O) groups excluding carboxylic acids is 4. The highest BCUT2D eigenvalue weighted by atomic mass is 32.1. The van der Waals surface area contributed by atoms with Crippen molar-refractivity contribution >= 4 is 35.2 Å². The number of nitrogens with zero attached hydrogens (tertiary/aromatic N) is 2. The lowest BCUT2D eigenvalue weighted by atomic mass is 9.85.